The molecule has 2 aliphatic rings. The van der Waals surface area contributed by atoms with Gasteiger partial charge < -0.3 is 15.8 Å². The SMILES string of the molecule is CCCCNc1nc(N)c2c(n1)N(CC1CCCOC1)C(=O)C2. The van der Waals surface area contributed by atoms with Crippen molar-refractivity contribution in [3.8, 4) is 0 Å². The molecule has 7 nitrogen and oxygen atoms in total. The van der Waals surface area contributed by atoms with Gasteiger partial charge >= 0.3 is 0 Å². The van der Waals surface area contributed by atoms with Crippen molar-refractivity contribution in [2.45, 2.75) is 39.0 Å². The molecule has 0 aliphatic carbocycles. The first-order valence-corrected chi connectivity index (χ1v) is 8.47. The molecular formula is C16H25N5O2. The zero-order valence-corrected chi connectivity index (χ0v) is 13.7. The van der Waals surface area contributed by atoms with E-state index in [1.807, 2.05) is 0 Å². The van der Waals surface area contributed by atoms with Crippen LogP contribution >= 0.6 is 0 Å². The summed E-state index contributed by atoms with van der Waals surface area (Å²) in [5.74, 6) is 2.01. The van der Waals surface area contributed by atoms with Gasteiger partial charge in [-0.1, -0.05) is 13.3 Å². The summed E-state index contributed by atoms with van der Waals surface area (Å²) in [6, 6.07) is 0. The summed E-state index contributed by atoms with van der Waals surface area (Å²) in [7, 11) is 0. The number of ether oxygens (including phenoxy) is 1. The van der Waals surface area contributed by atoms with Crippen LogP contribution in [0.25, 0.3) is 0 Å². The topological polar surface area (TPSA) is 93.4 Å². The minimum absolute atomic E-state index is 0.0530. The van der Waals surface area contributed by atoms with Gasteiger partial charge in [-0.2, -0.15) is 9.97 Å². The molecule has 1 saturated heterocycles. The van der Waals surface area contributed by atoms with Crippen LogP contribution in [0.1, 0.15) is 38.2 Å². The van der Waals surface area contributed by atoms with Crippen molar-refractivity contribution < 1.29 is 9.53 Å². The van der Waals surface area contributed by atoms with Crippen LogP contribution in [0.3, 0.4) is 0 Å². The van der Waals surface area contributed by atoms with Crippen LogP contribution in [0, 0.1) is 5.92 Å². The van der Waals surface area contributed by atoms with Gasteiger partial charge in [-0.3, -0.25) is 9.69 Å². The Kier molecular flexibility index (Phi) is 4.95. The van der Waals surface area contributed by atoms with Crippen molar-refractivity contribution >= 4 is 23.5 Å². The maximum Gasteiger partial charge on any atom is 0.232 e. The molecule has 1 unspecified atom stereocenters. The molecule has 2 aliphatic heterocycles. The van der Waals surface area contributed by atoms with Gasteiger partial charge in [0, 0.05) is 31.2 Å². The lowest BCUT2D eigenvalue weighted by atomic mass is 10.0. The maximum atomic E-state index is 12.4. The first-order valence-electron chi connectivity index (χ1n) is 8.47. The van der Waals surface area contributed by atoms with Crippen LogP contribution < -0.4 is 16.0 Å². The van der Waals surface area contributed by atoms with E-state index in [9.17, 15) is 4.79 Å². The number of nitrogens with two attached hydrogens (primary N) is 1. The van der Waals surface area contributed by atoms with Crippen LogP contribution in [0.4, 0.5) is 17.6 Å². The molecule has 0 bridgehead atoms. The van der Waals surface area contributed by atoms with Crippen molar-refractivity contribution in [2.24, 2.45) is 5.92 Å². The van der Waals surface area contributed by atoms with E-state index in [-0.39, 0.29) is 5.91 Å². The number of anilines is 3. The van der Waals surface area contributed by atoms with Gasteiger partial charge in [0.05, 0.1) is 13.0 Å². The van der Waals surface area contributed by atoms with Crippen LogP contribution in [-0.2, 0) is 16.0 Å². The Morgan fingerprint density at radius 2 is 2.30 bits per heavy atom. The summed E-state index contributed by atoms with van der Waals surface area (Å²) in [5, 5.41) is 3.19. The van der Waals surface area contributed by atoms with Gasteiger partial charge in [-0.15, -0.1) is 0 Å². The highest BCUT2D eigenvalue weighted by molar-refractivity contribution is 6.01. The third-order valence-electron chi connectivity index (χ3n) is 4.41. The average Bonchev–Trinajstić information content (AvgIpc) is 2.86. The van der Waals surface area contributed by atoms with Crippen LogP contribution in [-0.4, -0.2) is 42.2 Å². The Bertz CT molecular complexity index is 572. The molecule has 23 heavy (non-hydrogen) atoms. The molecule has 3 N–H and O–H groups in total. The van der Waals surface area contributed by atoms with E-state index >= 15 is 0 Å². The molecule has 3 rings (SSSR count). The predicted molar refractivity (Wildman–Crippen MR) is 89.4 cm³/mol. The molecule has 3 heterocycles. The predicted octanol–water partition coefficient (Wildman–Crippen LogP) is 1.59. The number of unbranched alkanes of at least 4 members (excludes halogenated alkanes) is 1. The second-order valence-electron chi connectivity index (χ2n) is 6.28. The lowest BCUT2D eigenvalue weighted by Crippen LogP contribution is -2.36. The second kappa shape index (κ2) is 7.12. The Morgan fingerprint density at radius 3 is 3.04 bits per heavy atom. The van der Waals surface area contributed by atoms with Gasteiger partial charge in [-0.05, 0) is 19.3 Å². The number of hydrogen-bond donors (Lipinski definition) is 2. The van der Waals surface area contributed by atoms with Crippen molar-refractivity contribution in [3.63, 3.8) is 0 Å². The Balaban J connectivity index is 1.77. The van der Waals surface area contributed by atoms with E-state index in [4.69, 9.17) is 10.5 Å². The third kappa shape index (κ3) is 3.55. The Morgan fingerprint density at radius 1 is 1.43 bits per heavy atom. The Hall–Kier alpha value is -1.89. The van der Waals surface area contributed by atoms with Crippen molar-refractivity contribution in [1.82, 2.24) is 9.97 Å². The van der Waals surface area contributed by atoms with Gasteiger partial charge in [0.15, 0.2) is 0 Å². The third-order valence-corrected chi connectivity index (χ3v) is 4.41. The number of carbonyl (C=O) groups excluding carboxylic acids is 1. The summed E-state index contributed by atoms with van der Waals surface area (Å²) >= 11 is 0. The highest BCUT2D eigenvalue weighted by atomic mass is 16.5. The van der Waals surface area contributed by atoms with Gasteiger partial charge in [0.1, 0.15) is 11.6 Å². The molecule has 126 valence electrons. The maximum absolute atomic E-state index is 12.4. The van der Waals surface area contributed by atoms with Gasteiger partial charge in [-0.25, -0.2) is 0 Å². The van der Waals surface area contributed by atoms with Gasteiger partial charge in [0.2, 0.25) is 11.9 Å². The molecule has 1 atom stereocenters. The van der Waals surface area contributed by atoms with E-state index in [0.29, 0.717) is 43.1 Å². The number of nitrogens with one attached hydrogen (secondary N) is 1. The Labute approximate surface area is 136 Å². The van der Waals surface area contributed by atoms with E-state index in [1.165, 1.54) is 0 Å². The standard InChI is InChI=1S/C16H25N5O2/c1-2-3-6-18-16-19-14(17)12-8-13(22)21(15(12)20-16)9-11-5-4-7-23-10-11/h11H,2-10H2,1H3,(H3,17,18,19,20). The second-order valence-corrected chi connectivity index (χ2v) is 6.28. The highest BCUT2D eigenvalue weighted by Gasteiger charge is 2.33. The average molecular weight is 319 g/mol. The molecule has 1 aromatic heterocycles. The molecule has 0 saturated carbocycles. The van der Waals surface area contributed by atoms with Crippen molar-refractivity contribution in [3.05, 3.63) is 5.56 Å². The van der Waals surface area contributed by atoms with Crippen LogP contribution in [0.15, 0.2) is 0 Å². The largest absolute Gasteiger partial charge is 0.383 e. The number of rotatable bonds is 6. The summed E-state index contributed by atoms with van der Waals surface area (Å²) in [6.45, 7) is 5.12. The number of nitrogens with zero attached hydrogens (tertiary/aromatic N) is 3. The molecule has 1 fully saturated rings. The van der Waals surface area contributed by atoms with Crippen LogP contribution in [0.2, 0.25) is 0 Å². The first-order chi connectivity index (χ1) is 11.2. The number of hydrogen-bond acceptors (Lipinski definition) is 6. The lowest BCUT2D eigenvalue weighted by Gasteiger charge is -2.27. The quantitative estimate of drug-likeness (QED) is 0.773. The van der Waals surface area contributed by atoms with Crippen LogP contribution in [0.5, 0.6) is 0 Å². The molecular weight excluding hydrogens is 294 g/mol. The fourth-order valence-electron chi connectivity index (χ4n) is 3.10. The fourth-order valence-corrected chi connectivity index (χ4v) is 3.10. The monoisotopic (exact) mass is 319 g/mol. The number of carbonyl (C=O) groups is 1. The molecule has 1 aromatic rings. The lowest BCUT2D eigenvalue weighted by molar-refractivity contribution is -0.117. The minimum Gasteiger partial charge on any atom is -0.383 e. The first kappa shape index (κ1) is 16.0. The molecule has 0 aromatic carbocycles. The number of nitrogen functional groups attached to an aromatic ring is 1. The zero-order valence-electron chi connectivity index (χ0n) is 13.7. The normalized spacial score (nSPS) is 20.7. The van der Waals surface area contributed by atoms with E-state index in [2.05, 4.69) is 22.2 Å². The van der Waals surface area contributed by atoms with Crippen molar-refractivity contribution in [2.75, 3.05) is 42.3 Å². The van der Waals surface area contributed by atoms with E-state index in [1.54, 1.807) is 4.90 Å². The zero-order chi connectivity index (χ0) is 16.2. The van der Waals surface area contributed by atoms with Crippen molar-refractivity contribution in [1.29, 1.82) is 0 Å². The summed E-state index contributed by atoms with van der Waals surface area (Å²) < 4.78 is 5.52. The number of fused-ring (bicyclic) bond motifs is 1. The smallest absolute Gasteiger partial charge is 0.232 e. The van der Waals surface area contributed by atoms with E-state index in [0.717, 1.165) is 44.4 Å². The minimum atomic E-state index is 0.0530. The fraction of sp³-hybridized carbons (Fsp3) is 0.688. The molecule has 0 radical (unpaired) electrons. The molecule has 7 heteroatoms. The summed E-state index contributed by atoms with van der Waals surface area (Å²) in [6.07, 6.45) is 4.57. The highest BCUT2D eigenvalue weighted by Crippen LogP contribution is 2.32. The summed E-state index contributed by atoms with van der Waals surface area (Å²) in [5.41, 5.74) is 6.80. The van der Waals surface area contributed by atoms with E-state index < -0.39 is 0 Å². The molecule has 1 amide bonds. The number of amides is 1. The number of aromatic nitrogens is 2. The van der Waals surface area contributed by atoms with Gasteiger partial charge in [0.25, 0.3) is 0 Å². The summed E-state index contributed by atoms with van der Waals surface area (Å²) in [4.78, 5) is 23.0. The molecule has 0 spiro atoms.